The first-order chi connectivity index (χ1) is 7.97. The molecule has 0 aromatic rings. The fourth-order valence-corrected chi connectivity index (χ4v) is 2.45. The highest BCUT2D eigenvalue weighted by atomic mass is 16.2. The molecular weight excluding hydrogens is 212 g/mol. The summed E-state index contributed by atoms with van der Waals surface area (Å²) in [6, 6.07) is 0. The van der Waals surface area contributed by atoms with Gasteiger partial charge in [-0.25, -0.2) is 0 Å². The molecule has 2 N–H and O–H groups in total. The van der Waals surface area contributed by atoms with Gasteiger partial charge < -0.3 is 10.6 Å². The summed E-state index contributed by atoms with van der Waals surface area (Å²) in [5.41, 5.74) is -0.123. The van der Waals surface area contributed by atoms with E-state index in [0.717, 1.165) is 12.5 Å². The monoisotopic (exact) mass is 240 g/mol. The van der Waals surface area contributed by atoms with Crippen LogP contribution in [0.25, 0.3) is 0 Å². The maximum atomic E-state index is 11.5. The molecule has 0 saturated heterocycles. The molecule has 3 heteroatoms. The van der Waals surface area contributed by atoms with Gasteiger partial charge in [0.15, 0.2) is 0 Å². The second-order valence-electron chi connectivity index (χ2n) is 6.27. The molecule has 1 rings (SSSR count). The second-order valence-corrected chi connectivity index (χ2v) is 6.27. The standard InChI is InChI=1S/C14H28N2O/c1-14(2,3)16-13(17)11-15-10-9-12-7-5-4-6-8-12/h12,15H,4-11H2,1-3H3,(H,16,17). The highest BCUT2D eigenvalue weighted by Gasteiger charge is 2.14. The number of rotatable bonds is 5. The molecule has 0 heterocycles. The van der Waals surface area contributed by atoms with Crippen molar-refractivity contribution in [2.45, 2.75) is 64.8 Å². The van der Waals surface area contributed by atoms with Crippen LogP contribution in [0.2, 0.25) is 0 Å². The maximum absolute atomic E-state index is 11.5. The topological polar surface area (TPSA) is 41.1 Å². The van der Waals surface area contributed by atoms with Crippen molar-refractivity contribution in [1.29, 1.82) is 0 Å². The highest BCUT2D eigenvalue weighted by molar-refractivity contribution is 5.78. The molecule has 0 radical (unpaired) electrons. The van der Waals surface area contributed by atoms with Gasteiger partial charge in [0.1, 0.15) is 0 Å². The number of carbonyl (C=O) groups is 1. The molecule has 1 amide bonds. The fourth-order valence-electron chi connectivity index (χ4n) is 2.45. The summed E-state index contributed by atoms with van der Waals surface area (Å²) in [6.45, 7) is 7.44. The molecule has 0 aliphatic heterocycles. The van der Waals surface area contributed by atoms with E-state index in [0.29, 0.717) is 6.54 Å². The zero-order valence-corrected chi connectivity index (χ0v) is 11.6. The Morgan fingerprint density at radius 2 is 1.82 bits per heavy atom. The van der Waals surface area contributed by atoms with Crippen molar-refractivity contribution in [3.8, 4) is 0 Å². The van der Waals surface area contributed by atoms with E-state index in [4.69, 9.17) is 0 Å². The molecule has 1 saturated carbocycles. The Labute approximate surface area is 106 Å². The SMILES string of the molecule is CC(C)(C)NC(=O)CNCCC1CCCCC1. The van der Waals surface area contributed by atoms with Crippen molar-refractivity contribution in [2.75, 3.05) is 13.1 Å². The first kappa shape index (κ1) is 14.5. The molecule has 100 valence electrons. The second kappa shape index (κ2) is 7.00. The van der Waals surface area contributed by atoms with E-state index in [2.05, 4.69) is 10.6 Å². The molecule has 1 aliphatic rings. The number of amides is 1. The Balaban J connectivity index is 2.01. The van der Waals surface area contributed by atoms with E-state index in [1.807, 2.05) is 20.8 Å². The van der Waals surface area contributed by atoms with Gasteiger partial charge in [0, 0.05) is 5.54 Å². The predicted octanol–water partition coefficient (Wildman–Crippen LogP) is 2.46. The summed E-state index contributed by atoms with van der Waals surface area (Å²) in [4.78, 5) is 11.5. The van der Waals surface area contributed by atoms with E-state index in [9.17, 15) is 4.79 Å². The van der Waals surface area contributed by atoms with E-state index < -0.39 is 0 Å². The Morgan fingerprint density at radius 1 is 1.18 bits per heavy atom. The van der Waals surface area contributed by atoms with Crippen LogP contribution < -0.4 is 10.6 Å². The summed E-state index contributed by atoms with van der Waals surface area (Å²) in [6.07, 6.45) is 8.21. The summed E-state index contributed by atoms with van der Waals surface area (Å²) < 4.78 is 0. The van der Waals surface area contributed by atoms with Gasteiger partial charge in [-0.2, -0.15) is 0 Å². The Hall–Kier alpha value is -0.570. The quantitative estimate of drug-likeness (QED) is 0.725. The third-order valence-corrected chi connectivity index (χ3v) is 3.25. The molecule has 1 aliphatic carbocycles. The largest absolute Gasteiger partial charge is 0.350 e. The molecule has 1 fully saturated rings. The highest BCUT2D eigenvalue weighted by Crippen LogP contribution is 2.25. The van der Waals surface area contributed by atoms with Crippen LogP contribution in [0.4, 0.5) is 0 Å². The average Bonchev–Trinajstić information content (AvgIpc) is 2.23. The molecule has 0 aromatic heterocycles. The minimum atomic E-state index is -0.123. The predicted molar refractivity (Wildman–Crippen MR) is 72.0 cm³/mol. The Bertz CT molecular complexity index is 227. The van der Waals surface area contributed by atoms with Gasteiger partial charge in [0.05, 0.1) is 6.54 Å². The van der Waals surface area contributed by atoms with Crippen molar-refractivity contribution in [3.63, 3.8) is 0 Å². The molecule has 0 unspecified atom stereocenters. The van der Waals surface area contributed by atoms with Crippen LogP contribution in [0, 0.1) is 5.92 Å². The van der Waals surface area contributed by atoms with Crippen LogP contribution in [-0.4, -0.2) is 24.5 Å². The number of carbonyl (C=O) groups excluding carboxylic acids is 1. The third-order valence-electron chi connectivity index (χ3n) is 3.25. The third kappa shape index (κ3) is 7.37. The zero-order chi connectivity index (χ0) is 12.7. The lowest BCUT2D eigenvalue weighted by Crippen LogP contribution is -2.45. The molecule has 3 nitrogen and oxygen atoms in total. The van der Waals surface area contributed by atoms with Crippen molar-refractivity contribution in [2.24, 2.45) is 5.92 Å². The van der Waals surface area contributed by atoms with Gasteiger partial charge in [-0.05, 0) is 39.7 Å². The van der Waals surface area contributed by atoms with Crippen LogP contribution in [0.3, 0.4) is 0 Å². The summed E-state index contributed by atoms with van der Waals surface area (Å²) in [5.74, 6) is 0.989. The maximum Gasteiger partial charge on any atom is 0.234 e. The Morgan fingerprint density at radius 3 is 2.41 bits per heavy atom. The fraction of sp³-hybridized carbons (Fsp3) is 0.929. The summed E-state index contributed by atoms with van der Waals surface area (Å²) in [7, 11) is 0. The van der Waals surface area contributed by atoms with Crippen molar-refractivity contribution >= 4 is 5.91 Å². The molecular formula is C14H28N2O. The van der Waals surface area contributed by atoms with E-state index in [-0.39, 0.29) is 11.4 Å². The molecule has 0 atom stereocenters. The van der Waals surface area contributed by atoms with Gasteiger partial charge >= 0.3 is 0 Å². The number of nitrogens with one attached hydrogen (secondary N) is 2. The van der Waals surface area contributed by atoms with Gasteiger partial charge in [0.2, 0.25) is 5.91 Å². The van der Waals surface area contributed by atoms with Crippen LogP contribution in [-0.2, 0) is 4.79 Å². The van der Waals surface area contributed by atoms with Gasteiger partial charge in [0.25, 0.3) is 0 Å². The van der Waals surface area contributed by atoms with Crippen LogP contribution in [0.15, 0.2) is 0 Å². The molecule has 0 spiro atoms. The first-order valence-corrected chi connectivity index (χ1v) is 6.99. The lowest BCUT2D eigenvalue weighted by atomic mass is 9.87. The summed E-state index contributed by atoms with van der Waals surface area (Å²) in [5, 5.41) is 6.20. The van der Waals surface area contributed by atoms with Gasteiger partial charge in [-0.1, -0.05) is 32.1 Å². The van der Waals surface area contributed by atoms with Crippen molar-refractivity contribution < 1.29 is 4.79 Å². The molecule has 0 bridgehead atoms. The van der Waals surface area contributed by atoms with Crippen LogP contribution in [0.1, 0.15) is 59.3 Å². The molecule has 0 aromatic carbocycles. The van der Waals surface area contributed by atoms with E-state index in [1.54, 1.807) is 0 Å². The number of hydrogen-bond acceptors (Lipinski definition) is 2. The lowest BCUT2D eigenvalue weighted by molar-refractivity contribution is -0.121. The summed E-state index contributed by atoms with van der Waals surface area (Å²) >= 11 is 0. The first-order valence-electron chi connectivity index (χ1n) is 6.99. The zero-order valence-electron chi connectivity index (χ0n) is 11.6. The van der Waals surface area contributed by atoms with Gasteiger partial charge in [-0.15, -0.1) is 0 Å². The van der Waals surface area contributed by atoms with Crippen LogP contribution in [0.5, 0.6) is 0 Å². The van der Waals surface area contributed by atoms with E-state index in [1.165, 1.54) is 38.5 Å². The molecule has 17 heavy (non-hydrogen) atoms. The smallest absolute Gasteiger partial charge is 0.234 e. The number of hydrogen-bond donors (Lipinski definition) is 2. The lowest BCUT2D eigenvalue weighted by Gasteiger charge is -2.22. The van der Waals surface area contributed by atoms with Crippen LogP contribution >= 0.6 is 0 Å². The normalized spacial score (nSPS) is 18.1. The van der Waals surface area contributed by atoms with Crippen molar-refractivity contribution in [1.82, 2.24) is 10.6 Å². The average molecular weight is 240 g/mol. The van der Waals surface area contributed by atoms with Gasteiger partial charge in [-0.3, -0.25) is 4.79 Å². The van der Waals surface area contributed by atoms with Crippen molar-refractivity contribution in [3.05, 3.63) is 0 Å². The minimum absolute atomic E-state index is 0.0983. The van der Waals surface area contributed by atoms with E-state index >= 15 is 0 Å². The Kier molecular flexibility index (Phi) is 5.96. The minimum Gasteiger partial charge on any atom is -0.350 e.